The smallest absolute Gasteiger partial charge is 0.227 e. The molecule has 30 heavy (non-hydrogen) atoms. The molecule has 6 heteroatoms. The van der Waals surface area contributed by atoms with Gasteiger partial charge in [-0.15, -0.1) is 0 Å². The van der Waals surface area contributed by atoms with Crippen LogP contribution in [-0.2, 0) is 9.59 Å². The minimum absolute atomic E-state index is 0.0481. The molecule has 0 aromatic heterocycles. The topological polar surface area (TPSA) is 53.1 Å². The highest BCUT2D eigenvalue weighted by Gasteiger charge is 2.43. The van der Waals surface area contributed by atoms with Crippen LogP contribution in [0.5, 0.6) is 5.75 Å². The molecule has 0 aliphatic carbocycles. The number of rotatable bonds is 5. The minimum Gasteiger partial charge on any atom is -0.493 e. The second kappa shape index (κ2) is 9.38. The van der Waals surface area contributed by atoms with Crippen molar-refractivity contribution in [3.8, 4) is 5.75 Å². The quantitative estimate of drug-likeness (QED) is 0.745. The number of likely N-dealkylation sites (tertiary alicyclic amines) is 3. The summed E-state index contributed by atoms with van der Waals surface area (Å²) in [7, 11) is 2.23. The van der Waals surface area contributed by atoms with Gasteiger partial charge in [0.25, 0.3) is 0 Å². The number of amides is 2. The van der Waals surface area contributed by atoms with Crippen LogP contribution >= 0.6 is 0 Å². The molecule has 0 N–H and O–H groups in total. The van der Waals surface area contributed by atoms with E-state index in [2.05, 4.69) is 16.8 Å². The molecule has 6 nitrogen and oxygen atoms in total. The Morgan fingerprint density at radius 1 is 1.00 bits per heavy atom. The Morgan fingerprint density at radius 2 is 1.77 bits per heavy atom. The maximum atomic E-state index is 13.2. The zero-order valence-corrected chi connectivity index (χ0v) is 18.2. The second-order valence-electron chi connectivity index (χ2n) is 9.17. The first kappa shape index (κ1) is 21.2. The molecule has 3 fully saturated rings. The highest BCUT2D eigenvalue weighted by atomic mass is 16.5. The molecule has 1 aromatic carbocycles. The van der Waals surface area contributed by atoms with Gasteiger partial charge in [0.05, 0.1) is 18.9 Å². The lowest BCUT2D eigenvalue weighted by atomic mass is 9.84. The molecule has 2 amide bonds. The van der Waals surface area contributed by atoms with Gasteiger partial charge in [-0.05, 0) is 64.3 Å². The molecule has 164 valence electrons. The third kappa shape index (κ3) is 4.64. The van der Waals surface area contributed by atoms with Crippen LogP contribution in [0.4, 0.5) is 0 Å². The fourth-order valence-electron chi connectivity index (χ4n) is 5.44. The van der Waals surface area contributed by atoms with Crippen LogP contribution in [0.25, 0.3) is 0 Å². The van der Waals surface area contributed by atoms with E-state index in [1.807, 2.05) is 35.2 Å². The first-order valence-corrected chi connectivity index (χ1v) is 11.5. The number of carbonyl (C=O) groups is 2. The van der Waals surface area contributed by atoms with E-state index in [1.54, 1.807) is 0 Å². The second-order valence-corrected chi connectivity index (χ2v) is 9.17. The maximum absolute atomic E-state index is 13.2. The summed E-state index contributed by atoms with van der Waals surface area (Å²) >= 11 is 0. The highest BCUT2D eigenvalue weighted by Crippen LogP contribution is 2.37. The lowest BCUT2D eigenvalue weighted by molar-refractivity contribution is -0.142. The van der Waals surface area contributed by atoms with Crippen LogP contribution in [0, 0.1) is 5.92 Å². The highest BCUT2D eigenvalue weighted by molar-refractivity contribution is 5.81. The number of hydrogen-bond acceptors (Lipinski definition) is 4. The van der Waals surface area contributed by atoms with Crippen molar-refractivity contribution in [2.24, 2.45) is 5.92 Å². The molecular formula is C24H35N3O3. The predicted molar refractivity (Wildman–Crippen MR) is 116 cm³/mol. The van der Waals surface area contributed by atoms with Gasteiger partial charge in [-0.2, -0.15) is 0 Å². The largest absolute Gasteiger partial charge is 0.493 e. The lowest BCUT2D eigenvalue weighted by Crippen LogP contribution is -2.54. The molecule has 3 aliphatic rings. The lowest BCUT2D eigenvalue weighted by Gasteiger charge is -2.45. The summed E-state index contributed by atoms with van der Waals surface area (Å²) in [6.45, 7) is 4.59. The fraction of sp³-hybridized carbons (Fsp3) is 0.667. The van der Waals surface area contributed by atoms with Crippen LogP contribution in [0.15, 0.2) is 30.3 Å². The number of ether oxygens (including phenoxy) is 1. The molecule has 3 aliphatic heterocycles. The third-order valence-corrected chi connectivity index (χ3v) is 7.40. The molecule has 3 saturated heterocycles. The molecule has 1 atom stereocenters. The molecule has 3 heterocycles. The summed E-state index contributed by atoms with van der Waals surface area (Å²) < 4.78 is 5.66. The van der Waals surface area contributed by atoms with Gasteiger partial charge in [0.2, 0.25) is 11.8 Å². The summed E-state index contributed by atoms with van der Waals surface area (Å²) in [4.78, 5) is 32.3. The van der Waals surface area contributed by atoms with Crippen molar-refractivity contribution in [1.82, 2.24) is 14.7 Å². The van der Waals surface area contributed by atoms with Crippen molar-refractivity contribution in [2.45, 2.75) is 50.5 Å². The predicted octanol–water partition coefficient (Wildman–Crippen LogP) is 2.78. The molecular weight excluding hydrogens is 378 g/mol. The van der Waals surface area contributed by atoms with Gasteiger partial charge in [0.1, 0.15) is 5.75 Å². The summed E-state index contributed by atoms with van der Waals surface area (Å²) in [6.07, 6.45) is 6.87. The zero-order chi connectivity index (χ0) is 21.0. The molecule has 0 radical (unpaired) electrons. The van der Waals surface area contributed by atoms with E-state index in [0.717, 1.165) is 51.1 Å². The van der Waals surface area contributed by atoms with E-state index in [1.165, 1.54) is 19.4 Å². The van der Waals surface area contributed by atoms with Gasteiger partial charge in [0, 0.05) is 31.7 Å². The van der Waals surface area contributed by atoms with Crippen molar-refractivity contribution in [3.63, 3.8) is 0 Å². The van der Waals surface area contributed by atoms with E-state index < -0.39 is 0 Å². The average Bonchev–Trinajstić information content (AvgIpc) is 3.14. The molecule has 4 rings (SSSR count). The third-order valence-electron chi connectivity index (χ3n) is 7.40. The molecule has 1 unspecified atom stereocenters. The van der Waals surface area contributed by atoms with E-state index in [9.17, 15) is 9.59 Å². The van der Waals surface area contributed by atoms with Crippen molar-refractivity contribution in [2.75, 3.05) is 46.4 Å². The van der Waals surface area contributed by atoms with Crippen LogP contribution in [0.3, 0.4) is 0 Å². The van der Waals surface area contributed by atoms with Gasteiger partial charge >= 0.3 is 0 Å². The Balaban J connectivity index is 1.24. The van der Waals surface area contributed by atoms with E-state index in [-0.39, 0.29) is 17.7 Å². The van der Waals surface area contributed by atoms with Crippen molar-refractivity contribution >= 4 is 11.8 Å². The number of nitrogens with zero attached hydrogens (tertiary/aromatic N) is 3. The number of benzene rings is 1. The normalized spacial score (nSPS) is 24.2. The Hall–Kier alpha value is -2.08. The standard InChI is InChI=1S/C24H35N3O3/c1-25-14-6-11-24(25)12-16-26(17-13-24)23(29)20-7-5-15-27(19-20)22(28)10-18-30-21-8-3-2-4-9-21/h2-4,8-9,20H,5-7,10-19H2,1H3. The van der Waals surface area contributed by atoms with Gasteiger partial charge in [-0.25, -0.2) is 0 Å². The van der Waals surface area contributed by atoms with Gasteiger partial charge in [-0.3, -0.25) is 9.59 Å². The summed E-state index contributed by atoms with van der Waals surface area (Å²) in [5, 5.41) is 0. The average molecular weight is 414 g/mol. The summed E-state index contributed by atoms with van der Waals surface area (Å²) in [5.41, 5.74) is 0.324. The molecule has 1 aromatic rings. The minimum atomic E-state index is -0.0481. The summed E-state index contributed by atoms with van der Waals surface area (Å²) in [6, 6.07) is 9.58. The Kier molecular flexibility index (Phi) is 6.61. The van der Waals surface area contributed by atoms with Crippen LogP contribution < -0.4 is 4.74 Å². The first-order chi connectivity index (χ1) is 14.6. The van der Waals surface area contributed by atoms with Crippen LogP contribution in [0.2, 0.25) is 0 Å². The first-order valence-electron chi connectivity index (χ1n) is 11.5. The molecule has 0 saturated carbocycles. The zero-order valence-electron chi connectivity index (χ0n) is 18.2. The Labute approximate surface area is 180 Å². The fourth-order valence-corrected chi connectivity index (χ4v) is 5.44. The van der Waals surface area contributed by atoms with E-state index in [0.29, 0.717) is 25.1 Å². The van der Waals surface area contributed by atoms with Crippen LogP contribution in [-0.4, -0.2) is 78.4 Å². The van der Waals surface area contributed by atoms with Gasteiger partial charge < -0.3 is 19.4 Å². The molecule has 0 bridgehead atoms. The Morgan fingerprint density at radius 3 is 2.47 bits per heavy atom. The number of para-hydroxylation sites is 1. The SMILES string of the molecule is CN1CCCC12CCN(C(=O)C1CCCN(C(=O)CCOc3ccccc3)C1)CC2. The number of hydrogen-bond donors (Lipinski definition) is 0. The monoisotopic (exact) mass is 413 g/mol. The maximum Gasteiger partial charge on any atom is 0.227 e. The Bertz CT molecular complexity index is 730. The van der Waals surface area contributed by atoms with E-state index in [4.69, 9.17) is 4.74 Å². The van der Waals surface area contributed by atoms with E-state index >= 15 is 0 Å². The van der Waals surface area contributed by atoms with Crippen molar-refractivity contribution in [3.05, 3.63) is 30.3 Å². The van der Waals surface area contributed by atoms with Gasteiger partial charge in [0.15, 0.2) is 0 Å². The van der Waals surface area contributed by atoms with Gasteiger partial charge in [-0.1, -0.05) is 18.2 Å². The van der Waals surface area contributed by atoms with Crippen molar-refractivity contribution in [1.29, 1.82) is 0 Å². The van der Waals surface area contributed by atoms with Crippen molar-refractivity contribution < 1.29 is 14.3 Å². The van der Waals surface area contributed by atoms with Crippen LogP contribution in [0.1, 0.15) is 44.9 Å². The molecule has 1 spiro atoms. The number of carbonyl (C=O) groups excluding carboxylic acids is 2. The summed E-state index contributed by atoms with van der Waals surface area (Å²) in [5.74, 6) is 1.08. The number of piperidine rings is 2.